The van der Waals surface area contributed by atoms with Gasteiger partial charge in [-0.25, -0.2) is 9.67 Å². The van der Waals surface area contributed by atoms with Crippen LogP contribution in [-0.4, -0.2) is 19.3 Å². The Morgan fingerprint density at radius 3 is 2.15 bits per heavy atom. The lowest BCUT2D eigenvalue weighted by atomic mass is 10.1. The van der Waals surface area contributed by atoms with E-state index in [2.05, 4.69) is 54.1 Å². The summed E-state index contributed by atoms with van der Waals surface area (Å²) in [6, 6.07) is 28.8. The van der Waals surface area contributed by atoms with E-state index < -0.39 is 0 Å². The number of nitrogens with zero attached hydrogens (tertiary/aromatic N) is 4. The van der Waals surface area contributed by atoms with Gasteiger partial charge in [-0.1, -0.05) is 60.7 Å². The predicted molar refractivity (Wildman–Crippen MR) is 109 cm³/mol. The third-order valence-corrected chi connectivity index (χ3v) is 4.85. The number of aryl methyl sites for hydroxylation is 1. The summed E-state index contributed by atoms with van der Waals surface area (Å²) in [5.74, 6) is 0.914. The van der Waals surface area contributed by atoms with Crippen LogP contribution in [0.5, 0.6) is 0 Å². The minimum absolute atomic E-state index is 0.914. The zero-order valence-electron chi connectivity index (χ0n) is 14.9. The normalized spacial score (nSPS) is 11.1. The number of aromatic nitrogens is 4. The highest BCUT2D eigenvalue weighted by atomic mass is 15.3. The molecule has 5 aromatic rings. The van der Waals surface area contributed by atoms with E-state index in [0.29, 0.717) is 0 Å². The van der Waals surface area contributed by atoms with Crippen molar-refractivity contribution < 1.29 is 0 Å². The number of hydrogen-bond donors (Lipinski definition) is 0. The number of rotatable bonds is 3. The molecule has 4 nitrogen and oxygen atoms in total. The number of benzene rings is 3. The van der Waals surface area contributed by atoms with Gasteiger partial charge in [0.1, 0.15) is 5.82 Å². The second-order valence-corrected chi connectivity index (χ2v) is 6.50. The van der Waals surface area contributed by atoms with Gasteiger partial charge < -0.3 is 4.57 Å². The van der Waals surface area contributed by atoms with Gasteiger partial charge in [0.05, 0.1) is 34.2 Å². The summed E-state index contributed by atoms with van der Waals surface area (Å²) in [5.41, 5.74) is 6.30. The third-order valence-electron chi connectivity index (χ3n) is 4.85. The van der Waals surface area contributed by atoms with E-state index in [1.807, 2.05) is 53.3 Å². The standard InChI is InChI=1S/C23H18N4/c1-26-21-15-9-8-14-20(21)25-23(26)19-16-24-27(18-12-6-3-7-13-18)22(19)17-10-4-2-5-11-17/h2-16H,1H3. The molecule has 0 saturated carbocycles. The summed E-state index contributed by atoms with van der Waals surface area (Å²) in [6.07, 6.45) is 1.91. The third kappa shape index (κ3) is 2.54. The molecule has 2 heterocycles. The van der Waals surface area contributed by atoms with E-state index in [1.165, 1.54) is 0 Å². The molecule has 0 spiro atoms. The van der Waals surface area contributed by atoms with Crippen LogP contribution >= 0.6 is 0 Å². The first-order valence-corrected chi connectivity index (χ1v) is 8.93. The fourth-order valence-electron chi connectivity index (χ4n) is 3.54. The second kappa shape index (κ2) is 6.25. The highest BCUT2D eigenvalue weighted by Crippen LogP contribution is 2.34. The van der Waals surface area contributed by atoms with E-state index in [1.54, 1.807) is 0 Å². The van der Waals surface area contributed by atoms with Crippen LogP contribution < -0.4 is 0 Å². The molecule has 3 aromatic carbocycles. The monoisotopic (exact) mass is 350 g/mol. The highest BCUT2D eigenvalue weighted by molar-refractivity contribution is 5.85. The van der Waals surface area contributed by atoms with E-state index in [0.717, 1.165) is 39.4 Å². The maximum atomic E-state index is 4.89. The maximum absolute atomic E-state index is 4.89. The summed E-state index contributed by atoms with van der Waals surface area (Å²) in [6.45, 7) is 0. The van der Waals surface area contributed by atoms with E-state index in [9.17, 15) is 0 Å². The zero-order valence-corrected chi connectivity index (χ0v) is 14.9. The number of imidazole rings is 1. The van der Waals surface area contributed by atoms with Gasteiger partial charge in [0.2, 0.25) is 0 Å². The predicted octanol–water partition coefficient (Wildman–Crippen LogP) is 5.09. The van der Waals surface area contributed by atoms with Crippen molar-refractivity contribution in [1.82, 2.24) is 19.3 Å². The fraction of sp³-hybridized carbons (Fsp3) is 0.0435. The molecule has 2 aromatic heterocycles. The Balaban J connectivity index is 1.80. The lowest BCUT2D eigenvalue weighted by Crippen LogP contribution is -2.00. The van der Waals surface area contributed by atoms with Gasteiger partial charge in [-0.15, -0.1) is 0 Å². The first-order valence-electron chi connectivity index (χ1n) is 8.93. The van der Waals surface area contributed by atoms with Crippen molar-refractivity contribution in [3.05, 3.63) is 91.1 Å². The average molecular weight is 350 g/mol. The molecule has 0 radical (unpaired) electrons. The Hall–Kier alpha value is -3.66. The van der Waals surface area contributed by atoms with Gasteiger partial charge in [0.25, 0.3) is 0 Å². The Morgan fingerprint density at radius 1 is 0.741 bits per heavy atom. The number of para-hydroxylation sites is 3. The first-order chi connectivity index (χ1) is 13.3. The molecule has 0 amide bonds. The van der Waals surface area contributed by atoms with E-state index in [4.69, 9.17) is 10.1 Å². The summed E-state index contributed by atoms with van der Waals surface area (Å²) in [7, 11) is 2.05. The molecule has 0 aliphatic carbocycles. The Labute approximate surface area is 157 Å². The average Bonchev–Trinajstić information content (AvgIpc) is 3.31. The molecule has 0 aliphatic heterocycles. The number of fused-ring (bicyclic) bond motifs is 1. The number of hydrogen-bond acceptors (Lipinski definition) is 2. The molecule has 0 saturated heterocycles. The van der Waals surface area contributed by atoms with Crippen molar-refractivity contribution in [3.63, 3.8) is 0 Å². The fourth-order valence-corrected chi connectivity index (χ4v) is 3.54. The minimum atomic E-state index is 0.914. The van der Waals surface area contributed by atoms with Gasteiger partial charge in [0.15, 0.2) is 0 Å². The van der Waals surface area contributed by atoms with Crippen LogP contribution in [0.25, 0.3) is 39.4 Å². The molecule has 5 rings (SSSR count). The van der Waals surface area contributed by atoms with Crippen LogP contribution in [0.1, 0.15) is 0 Å². The zero-order chi connectivity index (χ0) is 18.2. The molecule has 0 N–H and O–H groups in total. The van der Waals surface area contributed by atoms with Crippen LogP contribution in [0.3, 0.4) is 0 Å². The summed E-state index contributed by atoms with van der Waals surface area (Å²) < 4.78 is 4.12. The topological polar surface area (TPSA) is 35.6 Å². The van der Waals surface area contributed by atoms with Crippen molar-refractivity contribution in [2.24, 2.45) is 7.05 Å². The summed E-state index contributed by atoms with van der Waals surface area (Å²) in [4.78, 5) is 4.89. The smallest absolute Gasteiger partial charge is 0.144 e. The van der Waals surface area contributed by atoms with Crippen LogP contribution in [0, 0.1) is 0 Å². The Bertz CT molecular complexity index is 1220. The molecular formula is C23H18N4. The van der Waals surface area contributed by atoms with Crippen molar-refractivity contribution >= 4 is 11.0 Å². The van der Waals surface area contributed by atoms with Crippen LogP contribution in [0.2, 0.25) is 0 Å². The summed E-state index contributed by atoms with van der Waals surface area (Å²) >= 11 is 0. The Kier molecular flexibility index (Phi) is 3.61. The van der Waals surface area contributed by atoms with Crippen LogP contribution in [0.15, 0.2) is 91.1 Å². The quantitative estimate of drug-likeness (QED) is 0.454. The lowest BCUT2D eigenvalue weighted by molar-refractivity contribution is 0.888. The molecule has 0 bridgehead atoms. The maximum Gasteiger partial charge on any atom is 0.144 e. The minimum Gasteiger partial charge on any atom is -0.327 e. The molecule has 0 atom stereocenters. The van der Waals surface area contributed by atoms with Gasteiger partial charge in [-0.05, 0) is 24.3 Å². The molecule has 130 valence electrons. The Morgan fingerprint density at radius 2 is 1.41 bits per heavy atom. The van der Waals surface area contributed by atoms with Crippen molar-refractivity contribution in [1.29, 1.82) is 0 Å². The van der Waals surface area contributed by atoms with E-state index >= 15 is 0 Å². The van der Waals surface area contributed by atoms with Gasteiger partial charge in [-0.2, -0.15) is 5.10 Å². The molecule has 27 heavy (non-hydrogen) atoms. The van der Waals surface area contributed by atoms with Crippen molar-refractivity contribution in [3.8, 4) is 28.3 Å². The largest absolute Gasteiger partial charge is 0.327 e. The van der Waals surface area contributed by atoms with Crippen molar-refractivity contribution in [2.75, 3.05) is 0 Å². The SMILES string of the molecule is Cn1c(-c2cnn(-c3ccccc3)c2-c2ccccc2)nc2ccccc21. The summed E-state index contributed by atoms with van der Waals surface area (Å²) in [5, 5.41) is 4.71. The molecule has 0 fully saturated rings. The highest BCUT2D eigenvalue weighted by Gasteiger charge is 2.20. The second-order valence-electron chi connectivity index (χ2n) is 6.50. The van der Waals surface area contributed by atoms with Gasteiger partial charge in [-0.3, -0.25) is 0 Å². The van der Waals surface area contributed by atoms with E-state index in [-0.39, 0.29) is 0 Å². The molecular weight excluding hydrogens is 332 g/mol. The van der Waals surface area contributed by atoms with Gasteiger partial charge >= 0.3 is 0 Å². The molecule has 0 unspecified atom stereocenters. The van der Waals surface area contributed by atoms with Crippen LogP contribution in [-0.2, 0) is 7.05 Å². The van der Waals surface area contributed by atoms with Gasteiger partial charge in [0, 0.05) is 12.6 Å². The molecule has 0 aliphatic rings. The van der Waals surface area contributed by atoms with Crippen molar-refractivity contribution in [2.45, 2.75) is 0 Å². The molecule has 4 heteroatoms. The van der Waals surface area contributed by atoms with Crippen LogP contribution in [0.4, 0.5) is 0 Å². The first kappa shape index (κ1) is 15.6. The lowest BCUT2D eigenvalue weighted by Gasteiger charge is -2.10.